The molecule has 0 spiro atoms. The zero-order valence-electron chi connectivity index (χ0n) is 12.1. The molecule has 2 aromatic rings. The Morgan fingerprint density at radius 1 is 1.36 bits per heavy atom. The van der Waals surface area contributed by atoms with Crippen LogP contribution in [0, 0.1) is 11.7 Å². The van der Waals surface area contributed by atoms with E-state index >= 15 is 0 Å². The van der Waals surface area contributed by atoms with Crippen LogP contribution < -0.4 is 9.64 Å². The molecule has 1 unspecified atom stereocenters. The molecule has 6 heteroatoms. The fourth-order valence-electron chi connectivity index (χ4n) is 2.67. The summed E-state index contributed by atoms with van der Waals surface area (Å²) < 4.78 is 20.4. The summed E-state index contributed by atoms with van der Waals surface area (Å²) in [4.78, 5) is 10.4. The van der Waals surface area contributed by atoms with Crippen LogP contribution >= 0.6 is 15.9 Å². The topological polar surface area (TPSA) is 38.2 Å². The van der Waals surface area contributed by atoms with Crippen molar-refractivity contribution in [3.8, 4) is 5.88 Å². The molecule has 4 nitrogen and oxygen atoms in total. The number of aromatic nitrogens is 2. The Morgan fingerprint density at radius 2 is 2.27 bits per heavy atom. The highest BCUT2D eigenvalue weighted by atomic mass is 79.9. The van der Waals surface area contributed by atoms with Crippen LogP contribution in [0.1, 0.15) is 12.8 Å². The lowest BCUT2D eigenvalue weighted by molar-refractivity contribution is 0.221. The van der Waals surface area contributed by atoms with E-state index in [1.165, 1.54) is 6.07 Å². The van der Waals surface area contributed by atoms with Crippen LogP contribution in [0.3, 0.4) is 0 Å². The zero-order chi connectivity index (χ0) is 15.4. The van der Waals surface area contributed by atoms with Crippen LogP contribution in [-0.2, 0) is 0 Å². The summed E-state index contributed by atoms with van der Waals surface area (Å²) in [6.45, 7) is 2.16. The van der Waals surface area contributed by atoms with Gasteiger partial charge in [-0.1, -0.05) is 6.07 Å². The van der Waals surface area contributed by atoms with Gasteiger partial charge in [-0.05, 0) is 40.9 Å². The SMILES string of the molecule is Fc1cc(Br)cnc1N1CCCC(COc2ccccn2)C1. The molecule has 116 valence electrons. The number of nitrogens with zero attached hydrogens (tertiary/aromatic N) is 3. The van der Waals surface area contributed by atoms with Crippen molar-refractivity contribution >= 4 is 21.7 Å². The van der Waals surface area contributed by atoms with Gasteiger partial charge in [-0.3, -0.25) is 0 Å². The van der Waals surface area contributed by atoms with Crippen molar-refractivity contribution in [3.05, 3.63) is 46.9 Å². The Hall–Kier alpha value is -1.69. The van der Waals surface area contributed by atoms with Crippen LogP contribution in [-0.4, -0.2) is 29.7 Å². The summed E-state index contributed by atoms with van der Waals surface area (Å²) in [6, 6.07) is 7.06. The average Bonchev–Trinajstić information content (AvgIpc) is 2.54. The first-order chi connectivity index (χ1) is 10.7. The minimum atomic E-state index is -0.291. The zero-order valence-corrected chi connectivity index (χ0v) is 13.7. The lowest BCUT2D eigenvalue weighted by Crippen LogP contribution is -2.38. The van der Waals surface area contributed by atoms with Crippen LogP contribution in [0.4, 0.5) is 10.2 Å². The van der Waals surface area contributed by atoms with Gasteiger partial charge in [0.15, 0.2) is 11.6 Å². The first kappa shape index (κ1) is 15.2. The summed E-state index contributed by atoms with van der Waals surface area (Å²) in [5.41, 5.74) is 0. The molecule has 0 aliphatic carbocycles. The van der Waals surface area contributed by atoms with Gasteiger partial charge in [-0.2, -0.15) is 0 Å². The number of rotatable bonds is 4. The summed E-state index contributed by atoms with van der Waals surface area (Å²) in [5, 5.41) is 0. The Balaban J connectivity index is 1.61. The van der Waals surface area contributed by atoms with Crippen molar-refractivity contribution in [2.45, 2.75) is 12.8 Å². The van der Waals surface area contributed by atoms with E-state index in [4.69, 9.17) is 4.74 Å². The van der Waals surface area contributed by atoms with E-state index in [1.807, 2.05) is 23.1 Å². The van der Waals surface area contributed by atoms with Crippen molar-refractivity contribution in [2.75, 3.05) is 24.6 Å². The van der Waals surface area contributed by atoms with E-state index in [1.54, 1.807) is 12.4 Å². The predicted molar refractivity (Wildman–Crippen MR) is 86.6 cm³/mol. The lowest BCUT2D eigenvalue weighted by Gasteiger charge is -2.33. The van der Waals surface area contributed by atoms with E-state index in [9.17, 15) is 4.39 Å². The average molecular weight is 366 g/mol. The molecule has 0 amide bonds. The molecule has 0 aromatic carbocycles. The fourth-order valence-corrected chi connectivity index (χ4v) is 2.97. The van der Waals surface area contributed by atoms with E-state index in [-0.39, 0.29) is 5.82 Å². The van der Waals surface area contributed by atoms with Gasteiger partial charge in [0.25, 0.3) is 0 Å². The van der Waals surface area contributed by atoms with Crippen molar-refractivity contribution in [2.24, 2.45) is 5.92 Å². The van der Waals surface area contributed by atoms with Crippen LogP contribution in [0.25, 0.3) is 0 Å². The van der Waals surface area contributed by atoms with Gasteiger partial charge in [0.05, 0.1) is 6.61 Å². The van der Waals surface area contributed by atoms with E-state index in [0.29, 0.717) is 28.7 Å². The van der Waals surface area contributed by atoms with Crippen LogP contribution in [0.2, 0.25) is 0 Å². The highest BCUT2D eigenvalue weighted by Crippen LogP contribution is 2.25. The second-order valence-electron chi connectivity index (χ2n) is 5.39. The molecule has 1 atom stereocenters. The maximum Gasteiger partial charge on any atom is 0.213 e. The first-order valence-electron chi connectivity index (χ1n) is 7.32. The minimum absolute atomic E-state index is 0.291. The largest absolute Gasteiger partial charge is 0.477 e. The third kappa shape index (κ3) is 3.74. The molecule has 22 heavy (non-hydrogen) atoms. The van der Waals surface area contributed by atoms with Gasteiger partial charge < -0.3 is 9.64 Å². The molecule has 0 N–H and O–H groups in total. The van der Waals surface area contributed by atoms with Gasteiger partial charge in [0, 0.05) is 41.9 Å². The Bertz CT molecular complexity index is 626. The number of pyridine rings is 2. The van der Waals surface area contributed by atoms with Gasteiger partial charge in [-0.25, -0.2) is 14.4 Å². The van der Waals surface area contributed by atoms with Crippen molar-refractivity contribution in [3.63, 3.8) is 0 Å². The van der Waals surface area contributed by atoms with E-state index < -0.39 is 0 Å². The summed E-state index contributed by atoms with van der Waals surface area (Å²) in [5.74, 6) is 1.11. The number of hydrogen-bond donors (Lipinski definition) is 0. The number of anilines is 1. The molecule has 0 saturated carbocycles. The quantitative estimate of drug-likeness (QED) is 0.828. The summed E-state index contributed by atoms with van der Waals surface area (Å²) in [6.07, 6.45) is 5.42. The molecule has 1 fully saturated rings. The van der Waals surface area contributed by atoms with Crippen molar-refractivity contribution in [1.82, 2.24) is 9.97 Å². The normalized spacial score (nSPS) is 18.3. The van der Waals surface area contributed by atoms with Gasteiger partial charge in [-0.15, -0.1) is 0 Å². The molecule has 2 aromatic heterocycles. The van der Waals surface area contributed by atoms with E-state index in [2.05, 4.69) is 25.9 Å². The molecule has 0 bridgehead atoms. The first-order valence-corrected chi connectivity index (χ1v) is 8.11. The third-order valence-electron chi connectivity index (χ3n) is 3.71. The Kier molecular flexibility index (Phi) is 4.87. The maximum atomic E-state index is 14.0. The number of ether oxygens (including phenoxy) is 1. The second kappa shape index (κ2) is 7.05. The monoisotopic (exact) mass is 365 g/mol. The molecule has 1 aliphatic rings. The maximum absolute atomic E-state index is 14.0. The molecule has 0 radical (unpaired) electrons. The van der Waals surface area contributed by atoms with Gasteiger partial charge >= 0.3 is 0 Å². The number of halogens is 2. The lowest BCUT2D eigenvalue weighted by atomic mass is 9.99. The fraction of sp³-hybridized carbons (Fsp3) is 0.375. The van der Waals surface area contributed by atoms with Gasteiger partial charge in [0.1, 0.15) is 0 Å². The standard InChI is InChI=1S/C16H17BrFN3O/c17-13-8-14(18)16(20-9-13)21-7-3-4-12(10-21)11-22-15-5-1-2-6-19-15/h1-2,5-6,8-9,12H,3-4,7,10-11H2. The summed E-state index contributed by atoms with van der Waals surface area (Å²) >= 11 is 3.23. The Morgan fingerprint density at radius 3 is 3.05 bits per heavy atom. The highest BCUT2D eigenvalue weighted by molar-refractivity contribution is 9.10. The molecule has 1 aliphatic heterocycles. The highest BCUT2D eigenvalue weighted by Gasteiger charge is 2.23. The summed E-state index contributed by atoms with van der Waals surface area (Å²) in [7, 11) is 0. The molecular formula is C16H17BrFN3O. The molecule has 1 saturated heterocycles. The second-order valence-corrected chi connectivity index (χ2v) is 6.31. The molecule has 3 rings (SSSR count). The van der Waals surface area contributed by atoms with Crippen molar-refractivity contribution < 1.29 is 9.13 Å². The minimum Gasteiger partial charge on any atom is -0.477 e. The number of hydrogen-bond acceptors (Lipinski definition) is 4. The smallest absolute Gasteiger partial charge is 0.213 e. The number of piperidine rings is 1. The van der Waals surface area contributed by atoms with Crippen molar-refractivity contribution in [1.29, 1.82) is 0 Å². The predicted octanol–water partition coefficient (Wildman–Crippen LogP) is 3.67. The van der Waals surface area contributed by atoms with Crippen LogP contribution in [0.5, 0.6) is 5.88 Å². The van der Waals surface area contributed by atoms with E-state index in [0.717, 1.165) is 25.9 Å². The third-order valence-corrected chi connectivity index (χ3v) is 4.15. The van der Waals surface area contributed by atoms with Crippen LogP contribution in [0.15, 0.2) is 41.1 Å². The Labute approximate surface area is 137 Å². The molecular weight excluding hydrogens is 349 g/mol. The molecule has 3 heterocycles. The van der Waals surface area contributed by atoms with Gasteiger partial charge in [0.2, 0.25) is 5.88 Å².